The maximum Gasteiger partial charge on any atom is 0.255 e. The second kappa shape index (κ2) is 4.60. The Bertz CT molecular complexity index is 268. The van der Waals surface area contributed by atoms with Gasteiger partial charge in [-0.2, -0.15) is 0 Å². The predicted molar refractivity (Wildman–Crippen MR) is 50.3 cm³/mol. The Balaban J connectivity index is 2.78. The molecule has 0 saturated heterocycles. The molecule has 1 aromatic heterocycles. The van der Waals surface area contributed by atoms with E-state index in [-0.39, 0.29) is 5.91 Å². The zero-order valence-corrected chi connectivity index (χ0v) is 7.95. The first-order chi connectivity index (χ1) is 6.29. The number of carbonyl (C=O) groups excluding carboxylic acids is 1. The monoisotopic (exact) mass is 177 g/mol. The molecule has 1 rings (SSSR count). The van der Waals surface area contributed by atoms with Gasteiger partial charge in [-0.15, -0.1) is 0 Å². The number of pyridine rings is 1. The van der Waals surface area contributed by atoms with Crippen LogP contribution in [0.25, 0.3) is 0 Å². The topological polar surface area (TPSA) is 33.2 Å². The molecule has 0 saturated carbocycles. The second-order valence-electron chi connectivity index (χ2n) is 2.65. The Morgan fingerprint density at radius 1 is 1.54 bits per heavy atom. The first-order valence-electron chi connectivity index (χ1n) is 4.40. The van der Waals surface area contributed by atoms with E-state index in [0.717, 1.165) is 13.1 Å². The van der Waals surface area contributed by atoms with Gasteiger partial charge in [0.15, 0.2) is 0 Å². The van der Waals surface area contributed by atoms with Crippen LogP contribution in [0.2, 0.25) is 0 Å². The van der Waals surface area contributed by atoms with Gasteiger partial charge in [-0.25, -0.2) is 0 Å². The van der Waals surface area contributed by atoms with Crippen molar-refractivity contribution in [1.82, 2.24) is 9.88 Å². The van der Waals surface area contributed by atoms with E-state index < -0.39 is 0 Å². The maximum absolute atomic E-state index is 11.7. The molecule has 13 heavy (non-hydrogen) atoms. The van der Waals surface area contributed by atoms with Crippen molar-refractivity contribution in [2.75, 3.05) is 13.1 Å². The highest BCUT2D eigenvalue weighted by molar-refractivity contribution is 5.93. The van der Waals surface area contributed by atoms with E-state index in [1.807, 2.05) is 13.8 Å². The Morgan fingerprint density at radius 3 is 2.69 bits per heavy atom. The SMILES string of the molecule is CCN(CC)C(=O)c1c[c]cnc1. The fraction of sp³-hybridized carbons (Fsp3) is 0.400. The minimum Gasteiger partial charge on any atom is -0.339 e. The lowest BCUT2D eigenvalue weighted by atomic mass is 10.2. The minimum absolute atomic E-state index is 0.0225. The van der Waals surface area contributed by atoms with Gasteiger partial charge in [0.1, 0.15) is 0 Å². The lowest BCUT2D eigenvalue weighted by molar-refractivity contribution is 0.0772. The quantitative estimate of drug-likeness (QED) is 0.698. The number of amides is 1. The van der Waals surface area contributed by atoms with Crippen LogP contribution in [0.4, 0.5) is 0 Å². The number of carbonyl (C=O) groups is 1. The van der Waals surface area contributed by atoms with E-state index >= 15 is 0 Å². The molecule has 0 spiro atoms. The summed E-state index contributed by atoms with van der Waals surface area (Å²) in [6.07, 6.45) is 3.11. The summed E-state index contributed by atoms with van der Waals surface area (Å²) in [7, 11) is 0. The van der Waals surface area contributed by atoms with Gasteiger partial charge in [-0.1, -0.05) is 0 Å². The van der Waals surface area contributed by atoms with Crippen LogP contribution in [0.15, 0.2) is 18.5 Å². The summed E-state index contributed by atoms with van der Waals surface area (Å²) in [4.78, 5) is 17.3. The molecule has 0 bridgehead atoms. The summed E-state index contributed by atoms with van der Waals surface area (Å²) in [5.41, 5.74) is 0.603. The van der Waals surface area contributed by atoms with Crippen LogP contribution in [-0.2, 0) is 0 Å². The Labute approximate surface area is 78.4 Å². The molecule has 0 aromatic carbocycles. The van der Waals surface area contributed by atoms with Crippen LogP contribution >= 0.6 is 0 Å². The number of hydrogen-bond acceptors (Lipinski definition) is 2. The van der Waals surface area contributed by atoms with Gasteiger partial charge < -0.3 is 4.90 Å². The van der Waals surface area contributed by atoms with Gasteiger partial charge >= 0.3 is 0 Å². The van der Waals surface area contributed by atoms with Crippen molar-refractivity contribution in [2.45, 2.75) is 13.8 Å². The average molecular weight is 177 g/mol. The third-order valence-electron chi connectivity index (χ3n) is 1.90. The molecule has 0 aliphatic carbocycles. The van der Waals surface area contributed by atoms with Crippen molar-refractivity contribution in [3.63, 3.8) is 0 Å². The summed E-state index contributed by atoms with van der Waals surface area (Å²) in [5, 5.41) is 0. The van der Waals surface area contributed by atoms with Crippen LogP contribution < -0.4 is 0 Å². The first-order valence-corrected chi connectivity index (χ1v) is 4.40. The van der Waals surface area contributed by atoms with E-state index in [4.69, 9.17) is 0 Å². The molecule has 1 amide bonds. The van der Waals surface area contributed by atoms with Crippen LogP contribution in [0.5, 0.6) is 0 Å². The van der Waals surface area contributed by atoms with Crippen molar-refractivity contribution < 1.29 is 4.79 Å². The first kappa shape index (κ1) is 9.71. The van der Waals surface area contributed by atoms with E-state index in [1.165, 1.54) is 0 Å². The molecule has 0 aliphatic heterocycles. The summed E-state index contributed by atoms with van der Waals surface area (Å²) in [5.74, 6) is 0.0225. The number of hydrogen-bond donors (Lipinski definition) is 0. The molecule has 3 heteroatoms. The largest absolute Gasteiger partial charge is 0.339 e. The molecule has 0 atom stereocenters. The third kappa shape index (κ3) is 2.28. The highest BCUT2D eigenvalue weighted by atomic mass is 16.2. The summed E-state index contributed by atoms with van der Waals surface area (Å²) >= 11 is 0. The smallest absolute Gasteiger partial charge is 0.255 e. The molecule has 3 nitrogen and oxygen atoms in total. The molecule has 1 aromatic rings. The molecule has 69 valence electrons. The Morgan fingerprint density at radius 2 is 2.23 bits per heavy atom. The van der Waals surface area contributed by atoms with Gasteiger partial charge in [0, 0.05) is 31.5 Å². The maximum atomic E-state index is 11.7. The van der Waals surface area contributed by atoms with Crippen molar-refractivity contribution in [2.24, 2.45) is 0 Å². The summed E-state index contributed by atoms with van der Waals surface area (Å²) in [6.45, 7) is 5.37. The lowest BCUT2D eigenvalue weighted by Gasteiger charge is -2.17. The molecule has 0 N–H and O–H groups in total. The Hall–Kier alpha value is -1.38. The van der Waals surface area contributed by atoms with E-state index in [1.54, 1.807) is 23.4 Å². The van der Waals surface area contributed by atoms with E-state index in [2.05, 4.69) is 11.1 Å². The van der Waals surface area contributed by atoms with Crippen LogP contribution in [0.1, 0.15) is 24.2 Å². The van der Waals surface area contributed by atoms with Gasteiger partial charge in [0.25, 0.3) is 5.91 Å². The molecule has 0 aliphatic rings. The highest BCUT2D eigenvalue weighted by Crippen LogP contribution is 2.01. The highest BCUT2D eigenvalue weighted by Gasteiger charge is 2.11. The normalized spacial score (nSPS) is 9.69. The summed E-state index contributed by atoms with van der Waals surface area (Å²) in [6, 6.07) is 4.45. The van der Waals surface area contributed by atoms with Gasteiger partial charge in [-0.3, -0.25) is 9.78 Å². The lowest BCUT2D eigenvalue weighted by Crippen LogP contribution is -2.30. The van der Waals surface area contributed by atoms with Crippen molar-refractivity contribution in [3.05, 3.63) is 30.1 Å². The number of aromatic nitrogens is 1. The molecular formula is C10H13N2O. The van der Waals surface area contributed by atoms with E-state index in [9.17, 15) is 4.79 Å². The zero-order chi connectivity index (χ0) is 9.68. The molecule has 1 radical (unpaired) electrons. The number of nitrogens with zero attached hydrogens (tertiary/aromatic N) is 2. The predicted octanol–water partition coefficient (Wildman–Crippen LogP) is 1.36. The molecule has 0 fully saturated rings. The molecule has 1 heterocycles. The van der Waals surface area contributed by atoms with Gasteiger partial charge in [0.2, 0.25) is 0 Å². The third-order valence-corrected chi connectivity index (χ3v) is 1.90. The Kier molecular flexibility index (Phi) is 3.43. The fourth-order valence-electron chi connectivity index (χ4n) is 1.14. The average Bonchev–Trinajstić information content (AvgIpc) is 2.21. The van der Waals surface area contributed by atoms with Crippen molar-refractivity contribution in [1.29, 1.82) is 0 Å². The van der Waals surface area contributed by atoms with Crippen LogP contribution in [0.3, 0.4) is 0 Å². The standard InChI is InChI=1S/C10H13N2O/c1-3-12(4-2)10(13)9-6-5-7-11-8-9/h6-8H,3-4H2,1-2H3. The van der Waals surface area contributed by atoms with Gasteiger partial charge in [-0.05, 0) is 19.9 Å². The minimum atomic E-state index is 0.0225. The summed E-state index contributed by atoms with van der Waals surface area (Å²) < 4.78 is 0. The van der Waals surface area contributed by atoms with Crippen LogP contribution in [0, 0.1) is 6.07 Å². The number of rotatable bonds is 3. The van der Waals surface area contributed by atoms with Gasteiger partial charge in [0.05, 0.1) is 5.56 Å². The van der Waals surface area contributed by atoms with Crippen molar-refractivity contribution >= 4 is 5.91 Å². The van der Waals surface area contributed by atoms with E-state index in [0.29, 0.717) is 5.56 Å². The fourth-order valence-corrected chi connectivity index (χ4v) is 1.14. The van der Waals surface area contributed by atoms with Crippen LogP contribution in [-0.4, -0.2) is 28.9 Å². The van der Waals surface area contributed by atoms with Crippen molar-refractivity contribution in [3.8, 4) is 0 Å². The molecule has 0 unspecified atom stereocenters. The second-order valence-corrected chi connectivity index (χ2v) is 2.65. The molecular weight excluding hydrogens is 164 g/mol. The zero-order valence-electron chi connectivity index (χ0n) is 7.95.